The van der Waals surface area contributed by atoms with Gasteiger partial charge in [0.05, 0.1) is 0 Å². The maximum absolute atomic E-state index is 12.2. The Morgan fingerprint density at radius 1 is 0.947 bits per heavy atom. The molecule has 0 saturated carbocycles. The second-order valence-electron chi connectivity index (χ2n) is 7.68. The fourth-order valence-corrected chi connectivity index (χ4v) is 2.18. The molecule has 0 spiro atoms. The predicted molar refractivity (Wildman–Crippen MR) is 69.6 cm³/mol. The first kappa shape index (κ1) is 18.7. The Labute approximate surface area is 114 Å². The second kappa shape index (κ2) is 5.60. The lowest BCUT2D eigenvalue weighted by Crippen LogP contribution is -2.48. The van der Waals surface area contributed by atoms with Crippen molar-refractivity contribution in [1.82, 2.24) is 0 Å². The summed E-state index contributed by atoms with van der Waals surface area (Å²) in [7, 11) is 0. The molecule has 0 bridgehead atoms. The average molecular weight is 284 g/mol. The van der Waals surface area contributed by atoms with Crippen LogP contribution in [0.25, 0.3) is 0 Å². The number of hydrogen-bond donors (Lipinski definition) is 1. The second-order valence-corrected chi connectivity index (χ2v) is 7.68. The van der Waals surface area contributed by atoms with E-state index >= 15 is 0 Å². The predicted octanol–water partition coefficient (Wildman–Crippen LogP) is 4.37. The summed E-state index contributed by atoms with van der Waals surface area (Å²) >= 11 is 0. The summed E-state index contributed by atoms with van der Waals surface area (Å²) in [5, 5.41) is 10.1. The zero-order valence-corrected chi connectivity index (χ0v) is 13.0. The highest BCUT2D eigenvalue weighted by Crippen LogP contribution is 2.49. The Morgan fingerprint density at radius 3 is 1.63 bits per heavy atom. The van der Waals surface area contributed by atoms with Gasteiger partial charge in [-0.1, -0.05) is 48.5 Å². The molecule has 0 aliphatic heterocycles. The van der Waals surface area contributed by atoms with Crippen molar-refractivity contribution < 1.29 is 23.0 Å². The Hall–Kier alpha value is -0.290. The van der Waals surface area contributed by atoms with E-state index < -0.39 is 24.5 Å². The first-order valence-electron chi connectivity index (χ1n) is 6.45. The molecule has 0 fully saturated rings. The molecule has 0 radical (unpaired) electrons. The van der Waals surface area contributed by atoms with Crippen LogP contribution in [0.15, 0.2) is 0 Å². The molecule has 0 amide bonds. The van der Waals surface area contributed by atoms with Crippen LogP contribution >= 0.6 is 0 Å². The van der Waals surface area contributed by atoms with Crippen LogP contribution in [-0.4, -0.2) is 24.2 Å². The average Bonchev–Trinajstić information content (AvgIpc) is 2.07. The van der Waals surface area contributed by atoms with E-state index in [1.54, 1.807) is 6.92 Å². The van der Waals surface area contributed by atoms with Gasteiger partial charge in [0.25, 0.3) is 0 Å². The molecular weight excluding hydrogens is 257 g/mol. The van der Waals surface area contributed by atoms with Gasteiger partial charge in [-0.2, -0.15) is 13.2 Å². The van der Waals surface area contributed by atoms with Crippen molar-refractivity contribution in [1.29, 1.82) is 0 Å². The lowest BCUT2D eigenvalue weighted by atomic mass is 9.61. The zero-order valence-electron chi connectivity index (χ0n) is 13.0. The Kier molecular flexibility index (Phi) is 5.52. The molecule has 0 rings (SSSR count). The number of aliphatic hydroxyl groups excluding tert-OH is 1. The number of aliphatic hydroxyl groups is 1. The van der Waals surface area contributed by atoms with Crippen molar-refractivity contribution in [2.45, 2.75) is 67.4 Å². The van der Waals surface area contributed by atoms with E-state index in [2.05, 4.69) is 4.74 Å². The monoisotopic (exact) mass is 284 g/mol. The topological polar surface area (TPSA) is 29.5 Å². The molecule has 2 atom stereocenters. The largest absolute Gasteiger partial charge is 0.411 e. The molecule has 2 nitrogen and oxygen atoms in total. The molecule has 0 aliphatic carbocycles. The van der Waals surface area contributed by atoms with E-state index in [0.29, 0.717) is 6.42 Å². The summed E-state index contributed by atoms with van der Waals surface area (Å²) < 4.78 is 41.3. The third-order valence-electron chi connectivity index (χ3n) is 3.56. The van der Waals surface area contributed by atoms with Gasteiger partial charge in [-0.05, 0) is 17.3 Å². The van der Waals surface area contributed by atoms with Crippen molar-refractivity contribution >= 4 is 0 Å². The van der Waals surface area contributed by atoms with Crippen LogP contribution in [-0.2, 0) is 4.74 Å². The van der Waals surface area contributed by atoms with Gasteiger partial charge in [-0.3, -0.25) is 0 Å². The van der Waals surface area contributed by atoms with E-state index in [-0.39, 0.29) is 10.8 Å². The van der Waals surface area contributed by atoms with Crippen molar-refractivity contribution in [3.63, 3.8) is 0 Å². The van der Waals surface area contributed by atoms with Crippen LogP contribution in [0.4, 0.5) is 13.2 Å². The van der Waals surface area contributed by atoms with E-state index in [1.165, 1.54) is 0 Å². The fraction of sp³-hybridized carbons (Fsp3) is 1.00. The Bertz CT molecular complexity index is 287. The summed E-state index contributed by atoms with van der Waals surface area (Å²) in [5.41, 5.74) is -1.27. The number of alkyl halides is 3. The van der Waals surface area contributed by atoms with E-state index in [9.17, 15) is 18.3 Å². The van der Waals surface area contributed by atoms with Gasteiger partial charge < -0.3 is 9.84 Å². The summed E-state index contributed by atoms with van der Waals surface area (Å²) in [6.45, 7) is 12.0. The molecule has 0 aromatic heterocycles. The number of halogens is 3. The Balaban J connectivity index is 5.06. The van der Waals surface area contributed by atoms with E-state index in [1.807, 2.05) is 41.5 Å². The highest BCUT2D eigenvalue weighted by Gasteiger charge is 2.47. The molecule has 0 aromatic rings. The number of hydrogen-bond acceptors (Lipinski definition) is 2. The third-order valence-corrected chi connectivity index (χ3v) is 3.56. The number of rotatable bonds is 4. The lowest BCUT2D eigenvalue weighted by molar-refractivity contribution is -0.262. The van der Waals surface area contributed by atoms with Gasteiger partial charge in [0.2, 0.25) is 0 Å². The minimum atomic E-state index is -4.43. The first-order chi connectivity index (χ1) is 8.08. The summed E-state index contributed by atoms with van der Waals surface area (Å²) in [4.78, 5) is 0. The van der Waals surface area contributed by atoms with Crippen molar-refractivity contribution in [2.75, 3.05) is 6.61 Å². The lowest BCUT2D eigenvalue weighted by Gasteiger charge is -2.48. The molecule has 5 heteroatoms. The van der Waals surface area contributed by atoms with E-state index in [4.69, 9.17) is 0 Å². The van der Waals surface area contributed by atoms with Crippen molar-refractivity contribution in [3.8, 4) is 0 Å². The van der Waals surface area contributed by atoms with Crippen LogP contribution in [0.2, 0.25) is 0 Å². The minimum Gasteiger partial charge on any atom is -0.367 e. The van der Waals surface area contributed by atoms with E-state index in [0.717, 1.165) is 0 Å². The van der Waals surface area contributed by atoms with Gasteiger partial charge in [0.15, 0.2) is 6.29 Å². The molecule has 1 N–H and O–H groups in total. The summed E-state index contributed by atoms with van der Waals surface area (Å²) in [5.74, 6) is 0. The van der Waals surface area contributed by atoms with Crippen LogP contribution in [0.1, 0.15) is 54.9 Å². The molecule has 0 saturated heterocycles. The number of ether oxygens (including phenoxy) is 1. The van der Waals surface area contributed by atoms with Gasteiger partial charge in [0.1, 0.15) is 6.61 Å². The molecule has 19 heavy (non-hydrogen) atoms. The zero-order chi connectivity index (χ0) is 15.7. The van der Waals surface area contributed by atoms with Gasteiger partial charge in [0, 0.05) is 5.41 Å². The van der Waals surface area contributed by atoms with Gasteiger partial charge in [-0.25, -0.2) is 0 Å². The van der Waals surface area contributed by atoms with Gasteiger partial charge >= 0.3 is 6.18 Å². The van der Waals surface area contributed by atoms with Crippen molar-refractivity contribution in [2.24, 2.45) is 16.2 Å². The summed E-state index contributed by atoms with van der Waals surface area (Å²) in [6, 6.07) is 0. The molecule has 0 aliphatic rings. The fourth-order valence-electron chi connectivity index (χ4n) is 2.18. The van der Waals surface area contributed by atoms with Crippen molar-refractivity contribution in [3.05, 3.63) is 0 Å². The van der Waals surface area contributed by atoms with Crippen LogP contribution in [0, 0.1) is 16.2 Å². The van der Waals surface area contributed by atoms with Crippen LogP contribution in [0.3, 0.4) is 0 Å². The first-order valence-corrected chi connectivity index (χ1v) is 6.45. The minimum absolute atomic E-state index is 0.120. The third kappa shape index (κ3) is 6.13. The standard InChI is InChI=1S/C14H27F3O2/c1-11(2,3)8-13(7,12(4,5)6)10(18)19-9-14(15,16)17/h10,18H,8-9H2,1-7H3. The quantitative estimate of drug-likeness (QED) is 0.777. The van der Waals surface area contributed by atoms with Crippen LogP contribution in [0.5, 0.6) is 0 Å². The van der Waals surface area contributed by atoms with Gasteiger partial charge in [-0.15, -0.1) is 0 Å². The molecule has 0 aromatic carbocycles. The molecule has 0 heterocycles. The molecule has 2 unspecified atom stereocenters. The smallest absolute Gasteiger partial charge is 0.367 e. The maximum Gasteiger partial charge on any atom is 0.411 e. The molecule has 116 valence electrons. The highest BCUT2D eigenvalue weighted by molar-refractivity contribution is 4.92. The SMILES string of the molecule is CC(C)(C)CC(C)(C(O)OCC(F)(F)F)C(C)(C)C. The highest BCUT2D eigenvalue weighted by atomic mass is 19.4. The maximum atomic E-state index is 12.2. The normalized spacial score (nSPS) is 19.1. The van der Waals surface area contributed by atoms with Crippen LogP contribution < -0.4 is 0 Å². The Morgan fingerprint density at radius 2 is 1.37 bits per heavy atom. The molecular formula is C14H27F3O2. The summed E-state index contributed by atoms with van der Waals surface area (Å²) in [6.07, 6.45) is -5.32.